The molecule has 2 heterocycles. The van der Waals surface area contributed by atoms with Crippen LogP contribution >= 0.6 is 0 Å². The van der Waals surface area contributed by atoms with E-state index in [1.54, 1.807) is 0 Å². The van der Waals surface area contributed by atoms with Gasteiger partial charge in [0.2, 0.25) is 5.95 Å². The summed E-state index contributed by atoms with van der Waals surface area (Å²) in [5.41, 5.74) is 3.20. The van der Waals surface area contributed by atoms with Gasteiger partial charge in [-0.05, 0) is 43.8 Å². The van der Waals surface area contributed by atoms with E-state index in [1.807, 2.05) is 18.2 Å². The van der Waals surface area contributed by atoms with Gasteiger partial charge < -0.3 is 15.1 Å². The normalized spacial score (nSPS) is 15.5. The predicted octanol–water partition coefficient (Wildman–Crippen LogP) is 3.43. The highest BCUT2D eigenvalue weighted by Crippen LogP contribution is 2.27. The average molecular weight is 333 g/mol. The van der Waals surface area contributed by atoms with Crippen molar-refractivity contribution < 1.29 is 0 Å². The smallest absolute Gasteiger partial charge is 0.229 e. The molecular formula is C20H23N5. The van der Waals surface area contributed by atoms with E-state index in [0.29, 0.717) is 5.95 Å². The monoisotopic (exact) mass is 333 g/mol. The van der Waals surface area contributed by atoms with Crippen LogP contribution in [0.3, 0.4) is 0 Å². The number of hydrogen-bond donors (Lipinski definition) is 1. The maximum absolute atomic E-state index is 4.86. The maximum atomic E-state index is 4.86. The number of nitrogens with zero attached hydrogens (tertiary/aromatic N) is 4. The lowest BCUT2D eigenvalue weighted by atomic mass is 10.2. The van der Waals surface area contributed by atoms with E-state index in [2.05, 4.69) is 59.4 Å². The van der Waals surface area contributed by atoms with Crippen molar-refractivity contribution in [3.8, 4) is 0 Å². The van der Waals surface area contributed by atoms with E-state index >= 15 is 0 Å². The average Bonchev–Trinajstić information content (AvgIpc) is 2.62. The van der Waals surface area contributed by atoms with Crippen molar-refractivity contribution in [2.45, 2.75) is 6.92 Å². The number of fused-ring (bicyclic) bond motifs is 1. The molecule has 0 spiro atoms. The van der Waals surface area contributed by atoms with Crippen LogP contribution < -0.4 is 10.2 Å². The number of anilines is 3. The van der Waals surface area contributed by atoms with Crippen LogP contribution in [0.2, 0.25) is 0 Å². The number of para-hydroxylation sites is 1. The van der Waals surface area contributed by atoms with E-state index in [0.717, 1.165) is 48.6 Å². The molecule has 0 atom stereocenters. The van der Waals surface area contributed by atoms with Gasteiger partial charge >= 0.3 is 0 Å². The standard InChI is InChI=1S/C20H23N5/c1-15-6-5-7-16(14-15)21-20-22-18-9-4-3-8-17(18)19(23-20)25-12-10-24(2)11-13-25/h3-9,14H,10-13H2,1-2H3,(H,21,22,23). The molecule has 1 aromatic heterocycles. The molecule has 0 bridgehead atoms. The molecule has 5 nitrogen and oxygen atoms in total. The Balaban J connectivity index is 1.73. The molecule has 1 aliphatic heterocycles. The number of nitrogens with one attached hydrogen (secondary N) is 1. The number of hydrogen-bond acceptors (Lipinski definition) is 5. The minimum Gasteiger partial charge on any atom is -0.353 e. The molecule has 1 saturated heterocycles. The summed E-state index contributed by atoms with van der Waals surface area (Å²) in [5.74, 6) is 1.67. The number of aryl methyl sites for hydroxylation is 1. The third-order valence-electron chi connectivity index (χ3n) is 4.66. The first-order chi connectivity index (χ1) is 12.2. The Bertz CT molecular complexity index is 884. The molecule has 1 aliphatic rings. The summed E-state index contributed by atoms with van der Waals surface area (Å²) in [6.45, 7) is 6.17. The van der Waals surface area contributed by atoms with Gasteiger partial charge in [0.1, 0.15) is 5.82 Å². The molecule has 3 aromatic rings. The van der Waals surface area contributed by atoms with Crippen LogP contribution in [-0.2, 0) is 0 Å². The van der Waals surface area contributed by atoms with Gasteiger partial charge in [-0.15, -0.1) is 0 Å². The molecule has 128 valence electrons. The SMILES string of the molecule is Cc1cccc(Nc2nc(N3CCN(C)CC3)c3ccccc3n2)c1. The molecular weight excluding hydrogens is 310 g/mol. The Morgan fingerprint density at radius 1 is 0.920 bits per heavy atom. The lowest BCUT2D eigenvalue weighted by molar-refractivity contribution is 0.312. The zero-order valence-electron chi connectivity index (χ0n) is 14.7. The third kappa shape index (κ3) is 3.42. The van der Waals surface area contributed by atoms with Gasteiger partial charge in [-0.2, -0.15) is 4.98 Å². The summed E-state index contributed by atoms with van der Waals surface area (Å²) in [6.07, 6.45) is 0. The zero-order chi connectivity index (χ0) is 17.2. The van der Waals surface area contributed by atoms with Gasteiger partial charge in [-0.3, -0.25) is 0 Å². The molecule has 4 rings (SSSR count). The highest BCUT2D eigenvalue weighted by atomic mass is 15.3. The Labute approximate surface area is 148 Å². The van der Waals surface area contributed by atoms with Crippen LogP contribution in [-0.4, -0.2) is 48.1 Å². The van der Waals surface area contributed by atoms with Crippen LogP contribution in [0.25, 0.3) is 10.9 Å². The second-order valence-electron chi connectivity index (χ2n) is 6.67. The van der Waals surface area contributed by atoms with Crippen LogP contribution in [0.4, 0.5) is 17.5 Å². The van der Waals surface area contributed by atoms with Crippen molar-refractivity contribution in [2.75, 3.05) is 43.4 Å². The Kier molecular flexibility index (Phi) is 4.24. The molecule has 1 fully saturated rings. The highest BCUT2D eigenvalue weighted by molar-refractivity contribution is 5.90. The molecule has 25 heavy (non-hydrogen) atoms. The number of piperazine rings is 1. The molecule has 0 unspecified atom stereocenters. The van der Waals surface area contributed by atoms with Gasteiger partial charge in [0.05, 0.1) is 5.52 Å². The Morgan fingerprint density at radius 2 is 1.72 bits per heavy atom. The summed E-state index contributed by atoms with van der Waals surface area (Å²) in [6, 6.07) is 16.5. The van der Waals surface area contributed by atoms with Crippen molar-refractivity contribution in [3.05, 3.63) is 54.1 Å². The molecule has 0 saturated carbocycles. The van der Waals surface area contributed by atoms with Gasteiger partial charge in [0.15, 0.2) is 0 Å². The van der Waals surface area contributed by atoms with E-state index in [-0.39, 0.29) is 0 Å². The van der Waals surface area contributed by atoms with Crippen molar-refractivity contribution >= 4 is 28.4 Å². The predicted molar refractivity (Wildman–Crippen MR) is 104 cm³/mol. The number of rotatable bonds is 3. The first-order valence-corrected chi connectivity index (χ1v) is 8.73. The molecule has 2 aromatic carbocycles. The maximum Gasteiger partial charge on any atom is 0.229 e. The number of likely N-dealkylation sites (N-methyl/N-ethyl adjacent to an activating group) is 1. The van der Waals surface area contributed by atoms with E-state index in [9.17, 15) is 0 Å². The van der Waals surface area contributed by atoms with Gasteiger partial charge in [0.25, 0.3) is 0 Å². The molecule has 5 heteroatoms. The van der Waals surface area contributed by atoms with Crippen LogP contribution in [0, 0.1) is 6.92 Å². The molecule has 1 N–H and O–H groups in total. The van der Waals surface area contributed by atoms with Crippen molar-refractivity contribution in [3.63, 3.8) is 0 Å². The fraction of sp³-hybridized carbons (Fsp3) is 0.300. The fourth-order valence-electron chi connectivity index (χ4n) is 3.23. The summed E-state index contributed by atoms with van der Waals surface area (Å²) >= 11 is 0. The van der Waals surface area contributed by atoms with Crippen molar-refractivity contribution in [1.29, 1.82) is 0 Å². The summed E-state index contributed by atoms with van der Waals surface area (Å²) in [7, 11) is 2.17. The highest BCUT2D eigenvalue weighted by Gasteiger charge is 2.19. The molecule has 0 amide bonds. The van der Waals surface area contributed by atoms with Gasteiger partial charge in [-0.1, -0.05) is 24.3 Å². The lowest BCUT2D eigenvalue weighted by Crippen LogP contribution is -2.45. The quantitative estimate of drug-likeness (QED) is 0.795. The second-order valence-corrected chi connectivity index (χ2v) is 6.67. The minimum absolute atomic E-state index is 0.651. The van der Waals surface area contributed by atoms with E-state index in [4.69, 9.17) is 9.97 Å². The largest absolute Gasteiger partial charge is 0.353 e. The first-order valence-electron chi connectivity index (χ1n) is 8.73. The number of benzene rings is 2. The molecule has 0 radical (unpaired) electrons. The fourth-order valence-corrected chi connectivity index (χ4v) is 3.23. The minimum atomic E-state index is 0.651. The van der Waals surface area contributed by atoms with E-state index in [1.165, 1.54) is 5.56 Å². The van der Waals surface area contributed by atoms with Crippen molar-refractivity contribution in [1.82, 2.24) is 14.9 Å². The van der Waals surface area contributed by atoms with E-state index < -0.39 is 0 Å². The molecule has 0 aliphatic carbocycles. The zero-order valence-corrected chi connectivity index (χ0v) is 14.7. The van der Waals surface area contributed by atoms with Crippen LogP contribution in [0.5, 0.6) is 0 Å². The summed E-state index contributed by atoms with van der Waals surface area (Å²) in [4.78, 5) is 14.3. The number of aromatic nitrogens is 2. The first kappa shape index (κ1) is 15.8. The summed E-state index contributed by atoms with van der Waals surface area (Å²) in [5, 5.41) is 4.48. The topological polar surface area (TPSA) is 44.3 Å². The van der Waals surface area contributed by atoms with Gasteiger partial charge in [-0.25, -0.2) is 4.98 Å². The lowest BCUT2D eigenvalue weighted by Gasteiger charge is -2.33. The van der Waals surface area contributed by atoms with Crippen molar-refractivity contribution in [2.24, 2.45) is 0 Å². The summed E-state index contributed by atoms with van der Waals surface area (Å²) < 4.78 is 0. The van der Waals surface area contributed by atoms with Crippen LogP contribution in [0.15, 0.2) is 48.5 Å². The van der Waals surface area contributed by atoms with Gasteiger partial charge in [0, 0.05) is 37.3 Å². The Hall–Kier alpha value is -2.66. The second kappa shape index (κ2) is 6.69. The third-order valence-corrected chi connectivity index (χ3v) is 4.66. The van der Waals surface area contributed by atoms with Crippen LogP contribution in [0.1, 0.15) is 5.56 Å². The Morgan fingerprint density at radius 3 is 2.52 bits per heavy atom.